The number of pyridine rings is 1. The minimum absolute atomic E-state index is 0.0134. The zero-order valence-electron chi connectivity index (χ0n) is 19.0. The van der Waals surface area contributed by atoms with Crippen molar-refractivity contribution >= 4 is 28.4 Å². The Labute approximate surface area is 209 Å². The number of carbonyl (C=O) groups is 1. The summed E-state index contributed by atoms with van der Waals surface area (Å²) in [4.78, 5) is 41.1. The fraction of sp³-hybridized carbons (Fsp3) is 0.115. The van der Waals surface area contributed by atoms with Gasteiger partial charge in [-0.05, 0) is 35.4 Å². The number of aromatic nitrogens is 5. The molecule has 0 saturated heterocycles. The fourth-order valence-corrected chi connectivity index (χ4v) is 4.31. The van der Waals surface area contributed by atoms with Gasteiger partial charge in [0.05, 0.1) is 30.5 Å². The Kier molecular flexibility index (Phi) is 6.22. The first kappa shape index (κ1) is 23.3. The predicted molar refractivity (Wildman–Crippen MR) is 136 cm³/mol. The van der Waals surface area contributed by atoms with E-state index in [0.29, 0.717) is 28.5 Å². The monoisotopic (exact) mass is 500 g/mol. The molecule has 0 saturated carbocycles. The lowest BCUT2D eigenvalue weighted by molar-refractivity contribution is 0.0993. The van der Waals surface area contributed by atoms with Gasteiger partial charge in [0.25, 0.3) is 17.0 Å². The third-order valence-corrected chi connectivity index (χ3v) is 6.19. The summed E-state index contributed by atoms with van der Waals surface area (Å²) in [6, 6.07) is 17.9. The van der Waals surface area contributed by atoms with Crippen molar-refractivity contribution in [3.05, 3.63) is 127 Å². The van der Waals surface area contributed by atoms with Gasteiger partial charge in [0, 0.05) is 34.8 Å². The van der Waals surface area contributed by atoms with Crippen molar-refractivity contribution in [1.29, 1.82) is 0 Å². The van der Waals surface area contributed by atoms with Crippen molar-refractivity contribution in [3.63, 3.8) is 0 Å². The summed E-state index contributed by atoms with van der Waals surface area (Å²) in [7, 11) is 0. The van der Waals surface area contributed by atoms with Gasteiger partial charge in [0.1, 0.15) is 5.69 Å². The number of nitrogens with two attached hydrogens (primary N) is 1. The summed E-state index contributed by atoms with van der Waals surface area (Å²) in [6.07, 6.45) is 3.01. The number of rotatable bonds is 7. The molecule has 1 amide bonds. The number of H-pyrrole nitrogens is 1. The Morgan fingerprint density at radius 2 is 1.72 bits per heavy atom. The Bertz CT molecular complexity index is 1700. The van der Waals surface area contributed by atoms with Crippen LogP contribution in [-0.4, -0.2) is 30.2 Å². The number of hydrogen-bond donors (Lipinski definition) is 2. The molecule has 0 aliphatic carbocycles. The van der Waals surface area contributed by atoms with Crippen LogP contribution in [0.1, 0.15) is 33.0 Å². The number of benzene rings is 2. The van der Waals surface area contributed by atoms with E-state index >= 15 is 0 Å². The highest BCUT2D eigenvalue weighted by Crippen LogP contribution is 2.23. The number of halogens is 1. The molecule has 3 heterocycles. The fourth-order valence-electron chi connectivity index (χ4n) is 4.14. The molecule has 10 heteroatoms. The van der Waals surface area contributed by atoms with Crippen LogP contribution in [0.5, 0.6) is 0 Å². The summed E-state index contributed by atoms with van der Waals surface area (Å²) in [6.45, 7) is 0.636. The van der Waals surface area contributed by atoms with E-state index in [-0.39, 0.29) is 29.8 Å². The van der Waals surface area contributed by atoms with E-state index in [4.69, 9.17) is 17.3 Å². The average molecular weight is 501 g/mol. The van der Waals surface area contributed by atoms with Gasteiger partial charge in [0.2, 0.25) is 0 Å². The molecule has 0 aliphatic rings. The van der Waals surface area contributed by atoms with Gasteiger partial charge >= 0.3 is 0 Å². The average Bonchev–Trinajstić information content (AvgIpc) is 3.25. The van der Waals surface area contributed by atoms with E-state index in [1.165, 1.54) is 10.6 Å². The topological polar surface area (TPSA) is 129 Å². The Morgan fingerprint density at radius 1 is 0.972 bits per heavy atom. The molecule has 0 radical (unpaired) electrons. The van der Waals surface area contributed by atoms with Crippen LogP contribution < -0.4 is 16.9 Å². The number of nitrogens with one attached hydrogen (secondary N) is 1. The molecule has 0 aliphatic heterocycles. The number of aromatic amines is 1. The van der Waals surface area contributed by atoms with Crippen molar-refractivity contribution in [2.75, 3.05) is 0 Å². The minimum atomic E-state index is -0.732. The van der Waals surface area contributed by atoms with E-state index in [1.54, 1.807) is 41.1 Å². The molecule has 36 heavy (non-hydrogen) atoms. The molecule has 9 nitrogen and oxygen atoms in total. The van der Waals surface area contributed by atoms with Crippen LogP contribution >= 0.6 is 11.6 Å². The zero-order chi connectivity index (χ0) is 25.2. The van der Waals surface area contributed by atoms with E-state index in [2.05, 4.69) is 15.2 Å². The summed E-state index contributed by atoms with van der Waals surface area (Å²) in [5.41, 5.74) is 8.71. The maximum atomic E-state index is 12.9. The zero-order valence-corrected chi connectivity index (χ0v) is 19.8. The molecule has 3 aromatic heterocycles. The van der Waals surface area contributed by atoms with Crippen LogP contribution in [0.3, 0.4) is 0 Å². The molecule has 5 rings (SSSR count). The molecule has 0 unspecified atom stereocenters. The normalized spacial score (nSPS) is 11.1. The maximum absolute atomic E-state index is 12.9. The molecular weight excluding hydrogens is 480 g/mol. The van der Waals surface area contributed by atoms with Gasteiger partial charge in [-0.15, -0.1) is 0 Å². The summed E-state index contributed by atoms with van der Waals surface area (Å²) in [5, 5.41) is 8.58. The van der Waals surface area contributed by atoms with Crippen molar-refractivity contribution in [2.45, 2.75) is 19.5 Å². The number of fused-ring (bicyclic) bond motifs is 1. The Hall–Kier alpha value is -4.50. The number of nitrogens with zero attached hydrogens (tertiary/aromatic N) is 4. The molecule has 3 N–H and O–H groups in total. The number of hydrogen-bond acceptors (Lipinski definition) is 5. The molecule has 2 aromatic carbocycles. The van der Waals surface area contributed by atoms with E-state index in [9.17, 15) is 14.4 Å². The van der Waals surface area contributed by atoms with Crippen molar-refractivity contribution in [2.24, 2.45) is 5.73 Å². The standard InChI is InChI=1S/C26H21ClN6O3/c27-18-8-9-20-19(11-18)21(31-30-20)12-22-25(26(28)36)29-13-24(35)33(22)15-17-6-4-16(5-7-17)14-32-10-2-1-3-23(32)34/h1-11,13H,12,14-15H2,(H2,28,36)(H,30,31). The van der Waals surface area contributed by atoms with Crippen LogP contribution in [0.2, 0.25) is 5.02 Å². The van der Waals surface area contributed by atoms with Crippen LogP contribution in [0.15, 0.2) is 82.6 Å². The number of amides is 1. The highest BCUT2D eigenvalue weighted by Gasteiger charge is 2.19. The minimum Gasteiger partial charge on any atom is -0.364 e. The van der Waals surface area contributed by atoms with Gasteiger partial charge in [-0.25, -0.2) is 4.98 Å². The molecule has 0 bridgehead atoms. The van der Waals surface area contributed by atoms with E-state index < -0.39 is 5.91 Å². The molecule has 0 atom stereocenters. The maximum Gasteiger partial charge on any atom is 0.269 e. The Morgan fingerprint density at radius 3 is 2.44 bits per heavy atom. The molecule has 5 aromatic rings. The lowest BCUT2D eigenvalue weighted by Gasteiger charge is -2.15. The first-order chi connectivity index (χ1) is 17.4. The Balaban J connectivity index is 1.49. The third-order valence-electron chi connectivity index (χ3n) is 5.96. The second-order valence-corrected chi connectivity index (χ2v) is 8.80. The van der Waals surface area contributed by atoms with E-state index in [1.807, 2.05) is 24.3 Å². The van der Waals surface area contributed by atoms with Crippen LogP contribution in [-0.2, 0) is 19.5 Å². The van der Waals surface area contributed by atoms with Crippen molar-refractivity contribution < 1.29 is 4.79 Å². The molecule has 0 spiro atoms. The highest BCUT2D eigenvalue weighted by atomic mass is 35.5. The smallest absolute Gasteiger partial charge is 0.269 e. The summed E-state index contributed by atoms with van der Waals surface area (Å²) in [5.74, 6) is -0.732. The quantitative estimate of drug-likeness (QED) is 0.355. The first-order valence-electron chi connectivity index (χ1n) is 11.1. The largest absolute Gasteiger partial charge is 0.364 e. The highest BCUT2D eigenvalue weighted by molar-refractivity contribution is 6.31. The lowest BCUT2D eigenvalue weighted by atomic mass is 10.1. The van der Waals surface area contributed by atoms with Crippen molar-refractivity contribution in [3.8, 4) is 0 Å². The van der Waals surface area contributed by atoms with Crippen LogP contribution in [0.25, 0.3) is 10.9 Å². The summed E-state index contributed by atoms with van der Waals surface area (Å²) >= 11 is 6.17. The van der Waals surface area contributed by atoms with Gasteiger partial charge in [-0.1, -0.05) is 41.9 Å². The molecule has 180 valence electrons. The van der Waals surface area contributed by atoms with Gasteiger partial charge < -0.3 is 14.9 Å². The predicted octanol–water partition coefficient (Wildman–Crippen LogP) is 2.72. The van der Waals surface area contributed by atoms with Crippen LogP contribution in [0, 0.1) is 0 Å². The van der Waals surface area contributed by atoms with Crippen molar-refractivity contribution in [1.82, 2.24) is 24.3 Å². The van der Waals surface area contributed by atoms with Gasteiger partial charge in [0.15, 0.2) is 0 Å². The summed E-state index contributed by atoms with van der Waals surface area (Å²) < 4.78 is 3.10. The second kappa shape index (κ2) is 9.63. The number of carbonyl (C=O) groups excluding carboxylic acids is 1. The van der Waals surface area contributed by atoms with Crippen LogP contribution in [0.4, 0.5) is 0 Å². The lowest BCUT2D eigenvalue weighted by Crippen LogP contribution is -2.30. The number of primary amides is 1. The van der Waals surface area contributed by atoms with Gasteiger partial charge in [-0.3, -0.25) is 19.5 Å². The third kappa shape index (κ3) is 4.69. The second-order valence-electron chi connectivity index (χ2n) is 8.37. The van der Waals surface area contributed by atoms with E-state index in [0.717, 1.165) is 22.7 Å². The van der Waals surface area contributed by atoms with Gasteiger partial charge in [-0.2, -0.15) is 5.10 Å². The molecule has 0 fully saturated rings. The SMILES string of the molecule is NC(=O)c1ncc(=O)n(Cc2ccc(Cn3ccccc3=O)cc2)c1Cc1[nH]nc2ccc(Cl)cc12. The molecular formula is C26H21ClN6O3. The first-order valence-corrected chi connectivity index (χ1v) is 11.5.